The van der Waals surface area contributed by atoms with Crippen LogP contribution in [0.3, 0.4) is 0 Å². The molecule has 2 N–H and O–H groups in total. The van der Waals surface area contributed by atoms with Gasteiger partial charge in [-0.1, -0.05) is 12.1 Å². The summed E-state index contributed by atoms with van der Waals surface area (Å²) in [5.41, 5.74) is 4.20. The third kappa shape index (κ3) is 6.99. The highest BCUT2D eigenvalue weighted by atomic mass is 79.9. The molecule has 2 aromatic rings. The molecule has 0 aromatic heterocycles. The molecule has 154 valence electrons. The summed E-state index contributed by atoms with van der Waals surface area (Å²) >= 11 is 8.56. The molecule has 29 heavy (non-hydrogen) atoms. The van der Waals surface area contributed by atoms with Gasteiger partial charge in [-0.05, 0) is 59.7 Å². The van der Waals surface area contributed by atoms with Crippen molar-refractivity contribution in [1.82, 2.24) is 10.7 Å². The highest BCUT2D eigenvalue weighted by Gasteiger charge is 2.12. The second-order valence-electron chi connectivity index (χ2n) is 5.70. The minimum atomic E-state index is -0.435. The van der Waals surface area contributed by atoms with Crippen LogP contribution >= 0.6 is 28.1 Å². The summed E-state index contributed by atoms with van der Waals surface area (Å²) in [5.74, 6) is 1.05. The smallest absolute Gasteiger partial charge is 0.269 e. The molecule has 2 rings (SSSR count). The van der Waals surface area contributed by atoms with Crippen molar-refractivity contribution in [3.05, 3.63) is 62.1 Å². The number of halogens is 1. The normalized spacial score (nSPS) is 10.6. The van der Waals surface area contributed by atoms with Crippen LogP contribution in [-0.4, -0.2) is 29.4 Å². The fraction of sp³-hybridized carbons (Fsp3) is 0.263. The maximum Gasteiger partial charge on any atom is 0.269 e. The number of thiocarbonyl (C=S) groups is 1. The van der Waals surface area contributed by atoms with Gasteiger partial charge in [-0.2, -0.15) is 5.10 Å². The lowest BCUT2D eigenvalue weighted by molar-refractivity contribution is -0.384. The number of nitro groups is 1. The van der Waals surface area contributed by atoms with Gasteiger partial charge in [-0.3, -0.25) is 15.5 Å². The molecular weight excluding hydrogens is 460 g/mol. The Hall–Kier alpha value is -2.72. The number of hydrogen-bond donors (Lipinski definition) is 2. The SMILES string of the molecule is CCNC(=S)N/N=C\c1cc(OCC)c(OCc2cccc([N+](=O)[O-])c2)cc1Br. The molecule has 0 aliphatic heterocycles. The second-order valence-corrected chi connectivity index (χ2v) is 6.96. The van der Waals surface area contributed by atoms with E-state index in [1.165, 1.54) is 12.1 Å². The van der Waals surface area contributed by atoms with E-state index < -0.39 is 4.92 Å². The fourth-order valence-electron chi connectivity index (χ4n) is 2.31. The Balaban J connectivity index is 2.16. The molecule has 0 atom stereocenters. The van der Waals surface area contributed by atoms with E-state index >= 15 is 0 Å². The van der Waals surface area contributed by atoms with E-state index in [2.05, 4.69) is 31.8 Å². The van der Waals surface area contributed by atoms with E-state index in [0.717, 1.165) is 10.0 Å². The monoisotopic (exact) mass is 480 g/mol. The zero-order valence-electron chi connectivity index (χ0n) is 16.0. The number of rotatable bonds is 9. The Bertz CT molecular complexity index is 908. The van der Waals surface area contributed by atoms with E-state index in [4.69, 9.17) is 21.7 Å². The summed E-state index contributed by atoms with van der Waals surface area (Å²) < 4.78 is 12.3. The summed E-state index contributed by atoms with van der Waals surface area (Å²) in [4.78, 5) is 10.5. The topological polar surface area (TPSA) is 98.0 Å². The predicted octanol–water partition coefficient (Wildman–Crippen LogP) is 4.15. The van der Waals surface area contributed by atoms with Crippen molar-refractivity contribution in [3.8, 4) is 11.5 Å². The molecule has 0 radical (unpaired) electrons. The van der Waals surface area contributed by atoms with E-state index in [1.807, 2.05) is 13.8 Å². The van der Waals surface area contributed by atoms with Crippen LogP contribution in [-0.2, 0) is 6.61 Å². The van der Waals surface area contributed by atoms with Crippen LogP contribution in [0.25, 0.3) is 0 Å². The largest absolute Gasteiger partial charge is 0.490 e. The summed E-state index contributed by atoms with van der Waals surface area (Å²) in [7, 11) is 0. The number of benzene rings is 2. The highest BCUT2D eigenvalue weighted by Crippen LogP contribution is 2.34. The van der Waals surface area contributed by atoms with Crippen LogP contribution in [0.15, 0.2) is 46.0 Å². The van der Waals surface area contributed by atoms with Gasteiger partial charge >= 0.3 is 0 Å². The first-order valence-electron chi connectivity index (χ1n) is 8.84. The summed E-state index contributed by atoms with van der Waals surface area (Å²) in [6.07, 6.45) is 1.61. The molecular formula is C19H21BrN4O4S. The Kier molecular flexibility index (Phi) is 8.81. The van der Waals surface area contributed by atoms with E-state index in [1.54, 1.807) is 30.5 Å². The van der Waals surface area contributed by atoms with Crippen molar-refractivity contribution < 1.29 is 14.4 Å². The molecule has 0 aliphatic carbocycles. The van der Waals surface area contributed by atoms with Gasteiger partial charge in [0.2, 0.25) is 0 Å². The molecule has 0 amide bonds. The van der Waals surface area contributed by atoms with Gasteiger partial charge in [0.1, 0.15) is 6.61 Å². The zero-order valence-corrected chi connectivity index (χ0v) is 18.4. The first-order chi connectivity index (χ1) is 13.9. The quantitative estimate of drug-likeness (QED) is 0.240. The molecule has 0 fully saturated rings. The lowest BCUT2D eigenvalue weighted by atomic mass is 10.2. The summed E-state index contributed by atoms with van der Waals surface area (Å²) in [6.45, 7) is 5.13. The van der Waals surface area contributed by atoms with Gasteiger partial charge in [0.15, 0.2) is 16.6 Å². The van der Waals surface area contributed by atoms with Crippen LogP contribution in [0.5, 0.6) is 11.5 Å². The summed E-state index contributed by atoms with van der Waals surface area (Å²) in [5, 5.41) is 18.4. The number of nitrogens with one attached hydrogen (secondary N) is 2. The van der Waals surface area contributed by atoms with Gasteiger partial charge < -0.3 is 14.8 Å². The molecule has 0 unspecified atom stereocenters. The van der Waals surface area contributed by atoms with E-state index in [0.29, 0.717) is 35.3 Å². The van der Waals surface area contributed by atoms with E-state index in [9.17, 15) is 10.1 Å². The second kappa shape index (κ2) is 11.3. The number of nitro benzene ring substituents is 1. The Morgan fingerprint density at radius 2 is 2.03 bits per heavy atom. The summed E-state index contributed by atoms with van der Waals surface area (Å²) in [6, 6.07) is 9.87. The molecule has 0 bridgehead atoms. The fourth-order valence-corrected chi connectivity index (χ4v) is 2.93. The van der Waals surface area contributed by atoms with Crippen molar-refractivity contribution in [2.75, 3.05) is 13.2 Å². The zero-order chi connectivity index (χ0) is 21.2. The van der Waals surface area contributed by atoms with Crippen LogP contribution in [0.2, 0.25) is 0 Å². The lowest BCUT2D eigenvalue weighted by Gasteiger charge is -2.14. The van der Waals surface area contributed by atoms with Crippen LogP contribution in [0.1, 0.15) is 25.0 Å². The molecule has 2 aromatic carbocycles. The van der Waals surface area contributed by atoms with E-state index in [-0.39, 0.29) is 12.3 Å². The molecule has 0 saturated heterocycles. The van der Waals surface area contributed by atoms with Crippen molar-refractivity contribution >= 4 is 45.2 Å². The number of hydrogen-bond acceptors (Lipinski definition) is 6. The average Bonchev–Trinajstić information content (AvgIpc) is 2.69. The standard InChI is InChI=1S/C19H21BrN4O4S/c1-3-21-19(29)23-22-11-14-9-17(27-4-2)18(10-16(14)20)28-12-13-6-5-7-15(8-13)24(25)26/h5-11H,3-4,12H2,1-2H3,(H2,21,23,29)/b22-11-. The third-order valence-electron chi connectivity index (χ3n) is 3.59. The third-order valence-corrected chi connectivity index (χ3v) is 4.51. The van der Waals surface area contributed by atoms with Crippen LogP contribution in [0, 0.1) is 10.1 Å². The first-order valence-corrected chi connectivity index (χ1v) is 10.0. The Morgan fingerprint density at radius 3 is 2.72 bits per heavy atom. The molecule has 0 spiro atoms. The average molecular weight is 481 g/mol. The number of ether oxygens (including phenoxy) is 2. The number of nitrogens with zero attached hydrogens (tertiary/aromatic N) is 2. The lowest BCUT2D eigenvalue weighted by Crippen LogP contribution is -2.31. The van der Waals surface area contributed by atoms with Gasteiger partial charge in [-0.25, -0.2) is 0 Å². The molecule has 10 heteroatoms. The number of non-ortho nitro benzene ring substituents is 1. The van der Waals surface area contributed by atoms with Crippen molar-refractivity contribution in [2.24, 2.45) is 5.10 Å². The Morgan fingerprint density at radius 1 is 1.28 bits per heavy atom. The molecule has 0 saturated carbocycles. The highest BCUT2D eigenvalue weighted by molar-refractivity contribution is 9.10. The van der Waals surface area contributed by atoms with Crippen molar-refractivity contribution in [2.45, 2.75) is 20.5 Å². The van der Waals surface area contributed by atoms with Crippen molar-refractivity contribution in [3.63, 3.8) is 0 Å². The molecule has 0 aliphatic rings. The van der Waals surface area contributed by atoms with Crippen LogP contribution in [0.4, 0.5) is 5.69 Å². The van der Waals surface area contributed by atoms with Gasteiger partial charge in [0.05, 0.1) is 17.7 Å². The van der Waals surface area contributed by atoms with Gasteiger partial charge in [-0.15, -0.1) is 0 Å². The number of hydrazone groups is 1. The molecule has 8 nitrogen and oxygen atoms in total. The maximum atomic E-state index is 10.9. The maximum absolute atomic E-state index is 10.9. The minimum Gasteiger partial charge on any atom is -0.490 e. The molecule has 0 heterocycles. The van der Waals surface area contributed by atoms with Crippen LogP contribution < -0.4 is 20.2 Å². The Labute approximate surface area is 182 Å². The van der Waals surface area contributed by atoms with Gasteiger partial charge in [0, 0.05) is 28.7 Å². The van der Waals surface area contributed by atoms with Gasteiger partial charge in [0.25, 0.3) is 5.69 Å². The minimum absolute atomic E-state index is 0.0202. The van der Waals surface area contributed by atoms with Crippen molar-refractivity contribution in [1.29, 1.82) is 0 Å². The predicted molar refractivity (Wildman–Crippen MR) is 120 cm³/mol. The first kappa shape index (κ1) is 22.6.